The van der Waals surface area contributed by atoms with Crippen LogP contribution < -0.4 is 11.1 Å². The summed E-state index contributed by atoms with van der Waals surface area (Å²) < 4.78 is 0. The molecule has 6 nitrogen and oxygen atoms in total. The summed E-state index contributed by atoms with van der Waals surface area (Å²) in [4.78, 5) is 28.3. The van der Waals surface area contributed by atoms with Crippen molar-refractivity contribution < 1.29 is 9.59 Å². The van der Waals surface area contributed by atoms with E-state index >= 15 is 0 Å². The number of hydrogen-bond acceptors (Lipinski definition) is 5. The number of anilines is 1. The zero-order valence-corrected chi connectivity index (χ0v) is 11.7. The Labute approximate surface area is 116 Å². The minimum absolute atomic E-state index is 0.0998. The lowest BCUT2D eigenvalue weighted by Gasteiger charge is -2.30. The molecule has 0 bridgehead atoms. The van der Waals surface area contributed by atoms with Crippen LogP contribution in [-0.4, -0.2) is 41.3 Å². The summed E-state index contributed by atoms with van der Waals surface area (Å²) >= 11 is 1.45. The number of nitrogens with zero attached hydrogens (tertiary/aromatic N) is 2. The van der Waals surface area contributed by atoms with Crippen LogP contribution in [0.2, 0.25) is 0 Å². The second-order valence-electron chi connectivity index (χ2n) is 4.78. The topological polar surface area (TPSA) is 88.3 Å². The van der Waals surface area contributed by atoms with E-state index in [1.807, 2.05) is 5.38 Å². The number of nitrogens with two attached hydrogens (primary N) is 1. The molecule has 0 aromatic carbocycles. The Hall–Kier alpha value is -1.47. The molecule has 2 heterocycles. The molecule has 1 aromatic rings. The number of piperidine rings is 1. The van der Waals surface area contributed by atoms with Crippen LogP contribution in [0.25, 0.3) is 0 Å². The highest BCUT2D eigenvalue weighted by atomic mass is 32.1. The summed E-state index contributed by atoms with van der Waals surface area (Å²) in [7, 11) is 0. The number of likely N-dealkylation sites (tertiary alicyclic amines) is 1. The molecular formula is C12H18N4O2S. The third-order valence-corrected chi connectivity index (χ3v) is 3.97. The monoisotopic (exact) mass is 282 g/mol. The van der Waals surface area contributed by atoms with Crippen LogP contribution in [0.4, 0.5) is 5.13 Å². The molecule has 1 fully saturated rings. The van der Waals surface area contributed by atoms with Crippen LogP contribution in [0.5, 0.6) is 0 Å². The standard InChI is InChI=1S/C12H18N4O2S/c1-8(17)14-12-15-10(7-19-12)9-2-4-16(5-3-9)6-11(13)18/h7,9H,2-6H2,1H3,(H2,13,18)(H,14,15,17). The van der Waals surface area contributed by atoms with Gasteiger partial charge >= 0.3 is 0 Å². The fourth-order valence-corrected chi connectivity index (χ4v) is 3.13. The minimum Gasteiger partial charge on any atom is -0.369 e. The van der Waals surface area contributed by atoms with E-state index < -0.39 is 0 Å². The first kappa shape index (κ1) is 14.0. The Kier molecular flexibility index (Phi) is 4.49. The first-order valence-corrected chi connectivity index (χ1v) is 7.16. The molecule has 1 aromatic heterocycles. The van der Waals surface area contributed by atoms with Crippen molar-refractivity contribution in [3.63, 3.8) is 0 Å². The van der Waals surface area contributed by atoms with Crippen LogP contribution in [0, 0.1) is 0 Å². The maximum Gasteiger partial charge on any atom is 0.231 e. The highest BCUT2D eigenvalue weighted by Gasteiger charge is 2.23. The second kappa shape index (κ2) is 6.12. The Morgan fingerprint density at radius 3 is 2.79 bits per heavy atom. The summed E-state index contributed by atoms with van der Waals surface area (Å²) in [5.74, 6) is 0.0279. The maximum absolute atomic E-state index is 10.9. The van der Waals surface area contributed by atoms with Crippen LogP contribution in [0.3, 0.4) is 0 Å². The third-order valence-electron chi connectivity index (χ3n) is 3.19. The summed E-state index contributed by atoms with van der Waals surface area (Å²) in [6, 6.07) is 0. The van der Waals surface area contributed by atoms with E-state index in [1.54, 1.807) is 0 Å². The molecule has 1 aliphatic heterocycles. The summed E-state index contributed by atoms with van der Waals surface area (Å²) in [5.41, 5.74) is 6.22. The van der Waals surface area contributed by atoms with E-state index in [2.05, 4.69) is 15.2 Å². The predicted octanol–water partition coefficient (Wildman–Crippen LogP) is 0.766. The van der Waals surface area contributed by atoms with E-state index in [0.717, 1.165) is 31.6 Å². The van der Waals surface area contributed by atoms with Crippen molar-refractivity contribution in [2.75, 3.05) is 25.0 Å². The van der Waals surface area contributed by atoms with E-state index in [9.17, 15) is 9.59 Å². The summed E-state index contributed by atoms with van der Waals surface area (Å²) in [5, 5.41) is 5.35. The molecule has 0 saturated carbocycles. The van der Waals surface area contributed by atoms with Gasteiger partial charge in [-0.1, -0.05) is 0 Å². The molecule has 104 valence electrons. The van der Waals surface area contributed by atoms with Crippen LogP contribution in [0.1, 0.15) is 31.4 Å². The first-order chi connectivity index (χ1) is 9.04. The van der Waals surface area contributed by atoms with Gasteiger partial charge in [0.1, 0.15) is 0 Å². The lowest BCUT2D eigenvalue weighted by atomic mass is 9.94. The molecule has 19 heavy (non-hydrogen) atoms. The minimum atomic E-state index is -0.278. The quantitative estimate of drug-likeness (QED) is 0.853. The SMILES string of the molecule is CC(=O)Nc1nc(C2CCN(CC(N)=O)CC2)cs1. The van der Waals surface area contributed by atoms with Gasteiger partial charge in [-0.2, -0.15) is 0 Å². The Morgan fingerprint density at radius 1 is 1.53 bits per heavy atom. The van der Waals surface area contributed by atoms with Gasteiger partial charge in [-0.25, -0.2) is 4.98 Å². The smallest absolute Gasteiger partial charge is 0.231 e. The highest BCUT2D eigenvalue weighted by Crippen LogP contribution is 2.30. The highest BCUT2D eigenvalue weighted by molar-refractivity contribution is 7.13. The van der Waals surface area contributed by atoms with Crippen LogP contribution in [-0.2, 0) is 9.59 Å². The van der Waals surface area contributed by atoms with Gasteiger partial charge in [0.15, 0.2) is 5.13 Å². The molecule has 0 unspecified atom stereocenters. The molecule has 2 rings (SSSR count). The van der Waals surface area contributed by atoms with E-state index in [1.165, 1.54) is 18.3 Å². The van der Waals surface area contributed by atoms with Crippen molar-refractivity contribution in [2.45, 2.75) is 25.7 Å². The van der Waals surface area contributed by atoms with Crippen molar-refractivity contribution in [3.8, 4) is 0 Å². The van der Waals surface area contributed by atoms with Gasteiger partial charge in [0.05, 0.1) is 12.2 Å². The van der Waals surface area contributed by atoms with Crippen LogP contribution >= 0.6 is 11.3 Å². The normalized spacial score (nSPS) is 17.3. The van der Waals surface area contributed by atoms with Crippen molar-refractivity contribution in [1.82, 2.24) is 9.88 Å². The third kappa shape index (κ3) is 4.00. The molecule has 0 radical (unpaired) electrons. The lowest BCUT2D eigenvalue weighted by Crippen LogP contribution is -2.39. The van der Waals surface area contributed by atoms with Crippen molar-refractivity contribution >= 4 is 28.3 Å². The second-order valence-corrected chi connectivity index (χ2v) is 5.63. The Morgan fingerprint density at radius 2 is 2.21 bits per heavy atom. The molecule has 1 aliphatic rings. The zero-order chi connectivity index (χ0) is 13.8. The molecule has 0 spiro atoms. The summed E-state index contributed by atoms with van der Waals surface area (Å²) in [6.45, 7) is 3.53. The molecule has 2 amide bonds. The first-order valence-electron chi connectivity index (χ1n) is 6.28. The molecule has 0 atom stereocenters. The zero-order valence-electron chi connectivity index (χ0n) is 10.9. The number of rotatable bonds is 4. The average Bonchev–Trinajstić information content (AvgIpc) is 2.76. The molecular weight excluding hydrogens is 264 g/mol. The van der Waals surface area contributed by atoms with E-state index in [0.29, 0.717) is 17.6 Å². The number of nitrogens with one attached hydrogen (secondary N) is 1. The number of aromatic nitrogens is 1. The van der Waals surface area contributed by atoms with Gasteiger partial charge in [-0.3, -0.25) is 14.5 Å². The van der Waals surface area contributed by atoms with E-state index in [-0.39, 0.29) is 11.8 Å². The summed E-state index contributed by atoms with van der Waals surface area (Å²) in [6.07, 6.45) is 1.94. The fraction of sp³-hybridized carbons (Fsp3) is 0.583. The van der Waals surface area contributed by atoms with Gasteiger partial charge in [0.25, 0.3) is 0 Å². The van der Waals surface area contributed by atoms with Crippen molar-refractivity contribution in [2.24, 2.45) is 5.73 Å². The molecule has 3 N–H and O–H groups in total. The Balaban J connectivity index is 1.88. The van der Waals surface area contributed by atoms with Gasteiger partial charge in [0.2, 0.25) is 11.8 Å². The van der Waals surface area contributed by atoms with Gasteiger partial charge in [-0.15, -0.1) is 11.3 Å². The molecule has 0 aliphatic carbocycles. The number of carbonyl (C=O) groups is 2. The van der Waals surface area contributed by atoms with Crippen molar-refractivity contribution in [1.29, 1.82) is 0 Å². The number of amides is 2. The van der Waals surface area contributed by atoms with Gasteiger partial charge < -0.3 is 11.1 Å². The number of thiazole rings is 1. The Bertz CT molecular complexity index is 466. The number of primary amides is 1. The van der Waals surface area contributed by atoms with Crippen LogP contribution in [0.15, 0.2) is 5.38 Å². The number of carbonyl (C=O) groups excluding carboxylic acids is 2. The average molecular weight is 282 g/mol. The lowest BCUT2D eigenvalue weighted by molar-refractivity contribution is -0.119. The molecule has 7 heteroatoms. The van der Waals surface area contributed by atoms with E-state index in [4.69, 9.17) is 5.73 Å². The van der Waals surface area contributed by atoms with Crippen molar-refractivity contribution in [3.05, 3.63) is 11.1 Å². The van der Waals surface area contributed by atoms with Gasteiger partial charge in [0, 0.05) is 18.2 Å². The maximum atomic E-state index is 10.9. The largest absolute Gasteiger partial charge is 0.369 e. The predicted molar refractivity (Wildman–Crippen MR) is 74.0 cm³/mol. The number of hydrogen-bond donors (Lipinski definition) is 2. The van der Waals surface area contributed by atoms with Gasteiger partial charge in [-0.05, 0) is 25.9 Å². The molecule has 1 saturated heterocycles. The fourth-order valence-electron chi connectivity index (χ4n) is 2.29.